The van der Waals surface area contributed by atoms with E-state index in [4.69, 9.17) is 9.97 Å². The summed E-state index contributed by atoms with van der Waals surface area (Å²) < 4.78 is 0. The van der Waals surface area contributed by atoms with Gasteiger partial charge in [-0.2, -0.15) is 0 Å². The number of rotatable bonds is 5. The van der Waals surface area contributed by atoms with E-state index < -0.39 is 5.41 Å². The Bertz CT molecular complexity index is 2340. The summed E-state index contributed by atoms with van der Waals surface area (Å²) in [6.45, 7) is 0. The number of benzene rings is 5. The van der Waals surface area contributed by atoms with Crippen LogP contribution in [0, 0.1) is 0 Å². The molecule has 1 unspecified atom stereocenters. The van der Waals surface area contributed by atoms with E-state index in [0.29, 0.717) is 0 Å². The van der Waals surface area contributed by atoms with E-state index in [0.717, 1.165) is 57.5 Å². The normalized spacial score (nSPS) is 16.5. The first-order valence-corrected chi connectivity index (χ1v) is 16.2. The Morgan fingerprint density at radius 1 is 0.532 bits per heavy atom. The maximum atomic E-state index is 5.31. The molecule has 0 fully saturated rings. The van der Waals surface area contributed by atoms with E-state index in [1.54, 1.807) is 6.20 Å². The fourth-order valence-electron chi connectivity index (χ4n) is 7.63. The smallest absolute Gasteiger partial charge is 0.0973 e. The van der Waals surface area contributed by atoms with Crippen LogP contribution in [0.3, 0.4) is 0 Å². The molecule has 0 aliphatic heterocycles. The van der Waals surface area contributed by atoms with Gasteiger partial charge >= 0.3 is 0 Å². The summed E-state index contributed by atoms with van der Waals surface area (Å²) in [5, 5.41) is 0. The average Bonchev–Trinajstić information content (AvgIpc) is 3.46. The van der Waals surface area contributed by atoms with Crippen molar-refractivity contribution in [3.05, 3.63) is 186 Å². The van der Waals surface area contributed by atoms with Gasteiger partial charge in [-0.05, 0) is 76.1 Å². The molecule has 47 heavy (non-hydrogen) atoms. The van der Waals surface area contributed by atoms with Crippen LogP contribution in [-0.2, 0) is 5.41 Å². The SMILES string of the molecule is C1=CCCC(C2(c3ccccc3)c3ccccc3-c3ccc(-c4nc5ccccc5nc4-c4ccc(-c5cccnc5)cc4)cc32)=C1. The zero-order valence-corrected chi connectivity index (χ0v) is 25.8. The molecule has 0 spiro atoms. The Morgan fingerprint density at radius 2 is 1.21 bits per heavy atom. The number of para-hydroxylation sites is 2. The molecule has 1 atom stereocenters. The van der Waals surface area contributed by atoms with Crippen LogP contribution in [0.4, 0.5) is 0 Å². The summed E-state index contributed by atoms with van der Waals surface area (Å²) in [6.07, 6.45) is 12.6. The number of nitrogens with zero attached hydrogens (tertiary/aromatic N) is 3. The van der Waals surface area contributed by atoms with Gasteiger partial charge in [0.1, 0.15) is 0 Å². The highest BCUT2D eigenvalue weighted by molar-refractivity contribution is 5.91. The van der Waals surface area contributed by atoms with Gasteiger partial charge in [0.2, 0.25) is 0 Å². The second-order valence-electron chi connectivity index (χ2n) is 12.3. The van der Waals surface area contributed by atoms with Crippen molar-refractivity contribution in [2.45, 2.75) is 18.3 Å². The lowest BCUT2D eigenvalue weighted by Crippen LogP contribution is -2.30. The Kier molecular flexibility index (Phi) is 6.50. The molecule has 0 radical (unpaired) electrons. The second-order valence-corrected chi connectivity index (χ2v) is 12.3. The first kappa shape index (κ1) is 27.4. The minimum atomic E-state index is -0.399. The monoisotopic (exact) mass is 601 g/mol. The van der Waals surface area contributed by atoms with Gasteiger partial charge in [-0.3, -0.25) is 4.98 Å². The van der Waals surface area contributed by atoms with Gasteiger partial charge in [-0.15, -0.1) is 0 Å². The third-order valence-electron chi connectivity index (χ3n) is 9.74. The zero-order valence-electron chi connectivity index (χ0n) is 25.8. The average molecular weight is 602 g/mol. The number of pyridine rings is 1. The highest BCUT2D eigenvalue weighted by atomic mass is 14.8. The first-order chi connectivity index (χ1) is 23.3. The predicted molar refractivity (Wildman–Crippen MR) is 192 cm³/mol. The zero-order chi connectivity index (χ0) is 31.2. The van der Waals surface area contributed by atoms with Crippen LogP contribution in [0.5, 0.6) is 0 Å². The molecule has 9 rings (SSSR count). The van der Waals surface area contributed by atoms with Crippen molar-refractivity contribution in [1.29, 1.82) is 0 Å². The minimum Gasteiger partial charge on any atom is -0.264 e. The van der Waals surface area contributed by atoms with Crippen molar-refractivity contribution in [2.75, 3.05) is 0 Å². The standard InChI is InChI=1S/C44H31N3/c1-3-13-34(14-4-1)44(35-15-5-2-6-16-35)38-18-8-7-17-36(38)37-26-25-32(28-39(37)44)43-42(46-40-19-9-10-20-41(40)47-43)31-23-21-30(22-24-31)33-12-11-27-45-29-33/h1-5,7-15,17-29H,6,16H2. The number of allylic oxidation sites excluding steroid dienone is 4. The van der Waals surface area contributed by atoms with E-state index in [-0.39, 0.29) is 0 Å². The molecule has 222 valence electrons. The summed E-state index contributed by atoms with van der Waals surface area (Å²) in [4.78, 5) is 14.9. The largest absolute Gasteiger partial charge is 0.264 e. The van der Waals surface area contributed by atoms with Crippen LogP contribution in [0.2, 0.25) is 0 Å². The summed E-state index contributed by atoms with van der Waals surface area (Å²) in [7, 11) is 0. The van der Waals surface area contributed by atoms with Crippen molar-refractivity contribution in [3.8, 4) is 44.8 Å². The molecule has 0 saturated heterocycles. The lowest BCUT2D eigenvalue weighted by atomic mass is 9.65. The van der Waals surface area contributed by atoms with Crippen molar-refractivity contribution < 1.29 is 0 Å². The van der Waals surface area contributed by atoms with Gasteiger partial charge < -0.3 is 0 Å². The van der Waals surface area contributed by atoms with E-state index in [2.05, 4.69) is 132 Å². The van der Waals surface area contributed by atoms with E-state index in [1.807, 2.05) is 30.5 Å². The van der Waals surface area contributed by atoms with Gasteiger partial charge in [-0.1, -0.05) is 133 Å². The van der Waals surface area contributed by atoms with E-state index >= 15 is 0 Å². The first-order valence-electron chi connectivity index (χ1n) is 16.2. The highest BCUT2D eigenvalue weighted by Gasteiger charge is 2.47. The lowest BCUT2D eigenvalue weighted by molar-refractivity contribution is 0.693. The molecule has 7 aromatic rings. The summed E-state index contributed by atoms with van der Waals surface area (Å²) in [5.74, 6) is 0. The molecule has 2 heterocycles. The number of aromatic nitrogens is 3. The number of hydrogen-bond donors (Lipinski definition) is 0. The fraction of sp³-hybridized carbons (Fsp3) is 0.0682. The number of hydrogen-bond acceptors (Lipinski definition) is 3. The van der Waals surface area contributed by atoms with Crippen LogP contribution in [0.25, 0.3) is 55.8 Å². The van der Waals surface area contributed by atoms with Crippen LogP contribution >= 0.6 is 0 Å². The van der Waals surface area contributed by atoms with Crippen LogP contribution in [0.15, 0.2) is 170 Å². The third kappa shape index (κ3) is 4.39. The third-order valence-corrected chi connectivity index (χ3v) is 9.74. The molecule has 2 aliphatic rings. The molecule has 0 bridgehead atoms. The van der Waals surface area contributed by atoms with Crippen LogP contribution < -0.4 is 0 Å². The fourth-order valence-corrected chi connectivity index (χ4v) is 7.63. The predicted octanol–water partition coefficient (Wildman–Crippen LogP) is 10.6. The maximum absolute atomic E-state index is 5.31. The quantitative estimate of drug-likeness (QED) is 0.197. The maximum Gasteiger partial charge on any atom is 0.0973 e. The van der Waals surface area contributed by atoms with Gasteiger partial charge in [0.05, 0.1) is 27.8 Å². The Morgan fingerprint density at radius 3 is 1.96 bits per heavy atom. The minimum absolute atomic E-state index is 0.399. The molecule has 3 heteroatoms. The van der Waals surface area contributed by atoms with Crippen molar-refractivity contribution >= 4 is 11.0 Å². The van der Waals surface area contributed by atoms with Crippen molar-refractivity contribution in [1.82, 2.24) is 15.0 Å². The Labute approximate surface area is 274 Å². The molecular formula is C44H31N3. The second kappa shape index (κ2) is 11.1. The Balaban J connectivity index is 1.29. The van der Waals surface area contributed by atoms with Crippen molar-refractivity contribution in [3.63, 3.8) is 0 Å². The summed E-state index contributed by atoms with van der Waals surface area (Å²) >= 11 is 0. The van der Waals surface area contributed by atoms with E-state index in [1.165, 1.54) is 33.4 Å². The molecule has 2 aliphatic carbocycles. The lowest BCUT2D eigenvalue weighted by Gasteiger charge is -2.37. The van der Waals surface area contributed by atoms with Gasteiger partial charge in [-0.25, -0.2) is 9.97 Å². The molecule has 0 N–H and O–H groups in total. The highest BCUT2D eigenvalue weighted by Crippen LogP contribution is 2.58. The van der Waals surface area contributed by atoms with E-state index in [9.17, 15) is 0 Å². The van der Waals surface area contributed by atoms with Crippen LogP contribution in [0.1, 0.15) is 29.5 Å². The number of fused-ring (bicyclic) bond motifs is 4. The topological polar surface area (TPSA) is 38.7 Å². The van der Waals surface area contributed by atoms with Crippen molar-refractivity contribution in [2.24, 2.45) is 0 Å². The molecule has 0 saturated carbocycles. The molecule has 2 aromatic heterocycles. The molecule has 3 nitrogen and oxygen atoms in total. The van der Waals surface area contributed by atoms with Crippen LogP contribution in [-0.4, -0.2) is 15.0 Å². The van der Waals surface area contributed by atoms with Gasteiger partial charge in [0.25, 0.3) is 0 Å². The molecular weight excluding hydrogens is 571 g/mol. The molecule has 0 amide bonds. The summed E-state index contributed by atoms with van der Waals surface area (Å²) in [5.41, 5.74) is 15.4. The summed E-state index contributed by atoms with van der Waals surface area (Å²) in [6, 6.07) is 47.7. The Hall–Kier alpha value is -5.93. The molecule has 5 aromatic carbocycles. The van der Waals surface area contributed by atoms with Gasteiger partial charge in [0, 0.05) is 23.5 Å². The van der Waals surface area contributed by atoms with Gasteiger partial charge in [0.15, 0.2) is 0 Å².